The molecule has 0 radical (unpaired) electrons. The molecule has 3 aromatic heterocycles. The smallest absolute Gasteiger partial charge is 0.234 e. The van der Waals surface area contributed by atoms with Crippen LogP contribution in [0.5, 0.6) is 0 Å². The van der Waals surface area contributed by atoms with Gasteiger partial charge < -0.3 is 9.80 Å². The number of fused-ring (bicyclic) bond motifs is 1. The highest BCUT2D eigenvalue weighted by atomic mass is 19.1. The molecule has 7 heterocycles. The van der Waals surface area contributed by atoms with Crippen LogP contribution in [0.1, 0.15) is 67.2 Å². The molecule has 284 valence electrons. The molecule has 5 aromatic rings. The van der Waals surface area contributed by atoms with Gasteiger partial charge in [-0.1, -0.05) is 30.3 Å². The molecular weight excluding hydrogens is 701 g/mol. The molecular formula is C42H45F2N9O2. The van der Waals surface area contributed by atoms with Crippen molar-refractivity contribution in [3.8, 4) is 11.4 Å². The van der Waals surface area contributed by atoms with Crippen LogP contribution in [0.2, 0.25) is 0 Å². The maximum atomic E-state index is 15.1. The first-order valence-electron chi connectivity index (χ1n) is 19.5. The third-order valence-electron chi connectivity index (χ3n) is 11.9. The number of rotatable bonds is 8. The molecule has 0 spiro atoms. The third kappa shape index (κ3) is 7.30. The number of hydrogen-bond acceptors (Lipinski definition) is 9. The van der Waals surface area contributed by atoms with Crippen molar-refractivity contribution in [3.63, 3.8) is 0 Å². The number of hydrogen-bond donors (Lipinski definition) is 1. The van der Waals surface area contributed by atoms with E-state index in [2.05, 4.69) is 42.0 Å². The van der Waals surface area contributed by atoms with Gasteiger partial charge in [0.15, 0.2) is 5.65 Å². The lowest BCUT2D eigenvalue weighted by Crippen LogP contribution is -2.53. The highest BCUT2D eigenvalue weighted by Gasteiger charge is 2.32. The number of carbonyl (C=O) groups excluding carboxylic acids is 2. The molecule has 4 saturated heterocycles. The van der Waals surface area contributed by atoms with Crippen LogP contribution in [0.25, 0.3) is 17.0 Å². The zero-order valence-corrected chi connectivity index (χ0v) is 30.8. The molecule has 0 saturated carbocycles. The van der Waals surface area contributed by atoms with Crippen LogP contribution in [-0.4, -0.2) is 93.1 Å². The summed E-state index contributed by atoms with van der Waals surface area (Å²) in [5.74, 6) is -0.138. The van der Waals surface area contributed by atoms with E-state index in [-0.39, 0.29) is 30.0 Å². The molecule has 1 N–H and O–H groups in total. The van der Waals surface area contributed by atoms with Crippen molar-refractivity contribution in [1.82, 2.24) is 34.7 Å². The lowest BCUT2D eigenvalue weighted by atomic mass is 9.89. The van der Waals surface area contributed by atoms with Crippen molar-refractivity contribution in [2.24, 2.45) is 0 Å². The molecule has 2 atom stereocenters. The monoisotopic (exact) mass is 745 g/mol. The Hall–Kier alpha value is -5.27. The van der Waals surface area contributed by atoms with Gasteiger partial charge in [0, 0.05) is 57.3 Å². The summed E-state index contributed by atoms with van der Waals surface area (Å²) in [6, 6.07) is 22.8. The molecule has 1 unspecified atom stereocenters. The maximum Gasteiger partial charge on any atom is 0.234 e. The normalized spacial score (nSPS) is 21.8. The first-order chi connectivity index (χ1) is 26.9. The van der Waals surface area contributed by atoms with Crippen molar-refractivity contribution in [2.45, 2.75) is 63.1 Å². The van der Waals surface area contributed by atoms with Crippen molar-refractivity contribution in [2.75, 3.05) is 55.6 Å². The summed E-state index contributed by atoms with van der Waals surface area (Å²) in [7, 11) is 0. The third-order valence-corrected chi connectivity index (χ3v) is 11.9. The van der Waals surface area contributed by atoms with Gasteiger partial charge in [0.1, 0.15) is 29.0 Å². The Morgan fingerprint density at radius 3 is 2.44 bits per heavy atom. The van der Waals surface area contributed by atoms with E-state index in [1.165, 1.54) is 6.07 Å². The van der Waals surface area contributed by atoms with Crippen LogP contribution in [0.15, 0.2) is 79.0 Å². The first kappa shape index (κ1) is 35.4. The van der Waals surface area contributed by atoms with Crippen molar-refractivity contribution < 1.29 is 18.4 Å². The fourth-order valence-corrected chi connectivity index (χ4v) is 8.99. The van der Waals surface area contributed by atoms with Gasteiger partial charge >= 0.3 is 0 Å². The first-order valence-corrected chi connectivity index (χ1v) is 19.5. The summed E-state index contributed by atoms with van der Waals surface area (Å²) in [6.45, 7) is 7.13. The van der Waals surface area contributed by atoms with Crippen molar-refractivity contribution in [1.29, 1.82) is 0 Å². The Morgan fingerprint density at radius 2 is 1.64 bits per heavy atom. The van der Waals surface area contributed by atoms with Gasteiger partial charge in [0.2, 0.25) is 11.8 Å². The number of amides is 2. The molecule has 2 aromatic carbocycles. The Bertz CT molecular complexity index is 2210. The number of carbonyl (C=O) groups is 2. The highest BCUT2D eigenvalue weighted by molar-refractivity contribution is 6.00. The number of piperazine rings is 1. The van der Waals surface area contributed by atoms with Crippen LogP contribution in [0.4, 0.5) is 20.4 Å². The number of imidazole rings is 1. The summed E-state index contributed by atoms with van der Waals surface area (Å²) < 4.78 is 31.1. The number of benzene rings is 2. The van der Waals surface area contributed by atoms with Crippen molar-refractivity contribution in [3.05, 3.63) is 107 Å². The van der Waals surface area contributed by atoms with E-state index in [4.69, 9.17) is 10.1 Å². The van der Waals surface area contributed by atoms with E-state index in [9.17, 15) is 14.0 Å². The molecule has 11 nitrogen and oxygen atoms in total. The van der Waals surface area contributed by atoms with E-state index >= 15 is 4.39 Å². The minimum Gasteiger partial charge on any atom is -0.354 e. The van der Waals surface area contributed by atoms with Gasteiger partial charge in [-0.15, -0.1) is 5.10 Å². The summed E-state index contributed by atoms with van der Waals surface area (Å²) in [6.07, 6.45) is 6.50. The van der Waals surface area contributed by atoms with Crippen LogP contribution in [0, 0.1) is 11.6 Å². The summed E-state index contributed by atoms with van der Waals surface area (Å²) in [5.41, 5.74) is 4.64. The van der Waals surface area contributed by atoms with E-state index in [0.717, 1.165) is 111 Å². The molecule has 4 fully saturated rings. The lowest BCUT2D eigenvalue weighted by Gasteiger charge is -2.43. The molecule has 2 amide bonds. The van der Waals surface area contributed by atoms with Crippen LogP contribution in [0.3, 0.4) is 0 Å². The Morgan fingerprint density at radius 1 is 0.800 bits per heavy atom. The Labute approximate surface area is 319 Å². The molecule has 9 rings (SSSR count). The Kier molecular flexibility index (Phi) is 9.73. The quantitative estimate of drug-likeness (QED) is 0.200. The number of likely N-dealkylation sites (tertiary alicyclic amines) is 1. The summed E-state index contributed by atoms with van der Waals surface area (Å²) in [4.78, 5) is 43.1. The second-order valence-corrected chi connectivity index (χ2v) is 15.3. The number of nitrogens with zero attached hydrogens (tertiary/aromatic N) is 8. The number of pyridine rings is 1. The van der Waals surface area contributed by atoms with Crippen molar-refractivity contribution >= 4 is 29.1 Å². The van der Waals surface area contributed by atoms with E-state index in [1.807, 2.05) is 41.0 Å². The number of halogens is 2. The van der Waals surface area contributed by atoms with Gasteiger partial charge in [0.05, 0.1) is 23.9 Å². The molecule has 0 aliphatic carbocycles. The number of imide groups is 1. The van der Waals surface area contributed by atoms with Gasteiger partial charge in [-0.05, 0) is 98.8 Å². The maximum absolute atomic E-state index is 15.1. The number of piperidine rings is 2. The average Bonchev–Trinajstić information content (AvgIpc) is 3.87. The van der Waals surface area contributed by atoms with Crippen LogP contribution in [-0.2, 0) is 16.1 Å². The fraction of sp³-hybridized carbons (Fsp3) is 0.405. The predicted molar refractivity (Wildman–Crippen MR) is 206 cm³/mol. The zero-order valence-electron chi connectivity index (χ0n) is 30.8. The van der Waals surface area contributed by atoms with E-state index < -0.39 is 11.8 Å². The molecule has 0 bridgehead atoms. The SMILES string of the molecule is O=C1CCC(c2ccc(CN3CCC(N4CCN(c5cccc(-c6cnc7ccc(N8CCC[C@@H]8c8cccc(F)c8)nn67)n5)CC4)CC3)cc2F)C(=O)N1. The van der Waals surface area contributed by atoms with Crippen LogP contribution >= 0.6 is 0 Å². The van der Waals surface area contributed by atoms with Crippen LogP contribution < -0.4 is 15.1 Å². The lowest BCUT2D eigenvalue weighted by molar-refractivity contribution is -0.134. The van der Waals surface area contributed by atoms with Gasteiger partial charge in [-0.2, -0.15) is 0 Å². The number of anilines is 2. The fourth-order valence-electron chi connectivity index (χ4n) is 8.99. The standard InChI is InChI=1S/C42H45F2N9O2/c43-30-5-1-4-29(25-30)36-7-3-17-52(36)40-13-12-38-45-26-37(53(38)48-40)35-6-2-8-39(46-35)51-22-20-50(21-23-51)31-15-18-49(19-16-31)27-28-9-10-32(34(44)24-28)33-11-14-41(54)47-42(33)55/h1-2,4-6,8-10,12-13,24-26,31,33,36H,3,7,11,14-23,27H2,(H,47,54,55)/t33?,36-/m1/s1. The predicted octanol–water partition coefficient (Wildman–Crippen LogP) is 5.72. The Balaban J connectivity index is 0.804. The minimum atomic E-state index is -0.616. The number of aromatic nitrogens is 4. The number of nitrogens with one attached hydrogen (secondary N) is 1. The van der Waals surface area contributed by atoms with Gasteiger partial charge in [0.25, 0.3) is 0 Å². The highest BCUT2D eigenvalue weighted by Crippen LogP contribution is 2.36. The van der Waals surface area contributed by atoms with E-state index in [0.29, 0.717) is 24.6 Å². The molecule has 13 heteroatoms. The van der Waals surface area contributed by atoms with Gasteiger partial charge in [-0.3, -0.25) is 24.7 Å². The summed E-state index contributed by atoms with van der Waals surface area (Å²) in [5, 5.41) is 7.37. The molecule has 4 aliphatic heterocycles. The molecule has 4 aliphatic rings. The second kappa shape index (κ2) is 15.1. The minimum absolute atomic E-state index is 0.0734. The largest absolute Gasteiger partial charge is 0.354 e. The van der Waals surface area contributed by atoms with E-state index in [1.54, 1.807) is 24.3 Å². The zero-order chi connectivity index (χ0) is 37.5. The average molecular weight is 746 g/mol. The second-order valence-electron chi connectivity index (χ2n) is 15.3. The summed E-state index contributed by atoms with van der Waals surface area (Å²) >= 11 is 0. The van der Waals surface area contributed by atoms with Gasteiger partial charge in [-0.25, -0.2) is 23.3 Å². The molecule has 55 heavy (non-hydrogen) atoms. The topological polar surface area (TPSA) is 102 Å².